The van der Waals surface area contributed by atoms with E-state index in [4.69, 9.17) is 4.84 Å². The number of aryl methyl sites for hydroxylation is 1. The van der Waals surface area contributed by atoms with Gasteiger partial charge in [-0.3, -0.25) is 9.59 Å². The fourth-order valence-corrected chi connectivity index (χ4v) is 3.09. The average molecular weight is 347 g/mol. The molecule has 0 aliphatic carbocycles. The van der Waals surface area contributed by atoms with Crippen molar-refractivity contribution < 1.29 is 14.4 Å². The lowest BCUT2D eigenvalue weighted by molar-refractivity contribution is -0.154. The van der Waals surface area contributed by atoms with E-state index in [1.807, 2.05) is 25.3 Å². The van der Waals surface area contributed by atoms with Crippen molar-refractivity contribution in [2.24, 2.45) is 5.92 Å². The Kier molecular flexibility index (Phi) is 6.14. The van der Waals surface area contributed by atoms with Gasteiger partial charge in [-0.05, 0) is 26.7 Å². The highest BCUT2D eigenvalue weighted by atomic mass is 16.7. The summed E-state index contributed by atoms with van der Waals surface area (Å²) in [6, 6.07) is 1.46. The lowest BCUT2D eigenvalue weighted by Crippen LogP contribution is -2.43. The van der Waals surface area contributed by atoms with Crippen LogP contribution in [-0.2, 0) is 21.0 Å². The first kappa shape index (κ1) is 18.9. The molecule has 0 spiro atoms. The van der Waals surface area contributed by atoms with Crippen LogP contribution in [0.3, 0.4) is 0 Å². The third kappa shape index (κ3) is 3.82. The van der Waals surface area contributed by atoms with E-state index in [-0.39, 0.29) is 11.3 Å². The highest BCUT2D eigenvalue weighted by Crippen LogP contribution is 2.30. The fraction of sp³-hybridized carbons (Fsp3) is 0.500. The number of amides is 1. The van der Waals surface area contributed by atoms with Crippen LogP contribution < -0.4 is 15.8 Å². The van der Waals surface area contributed by atoms with Crippen LogP contribution in [0.25, 0.3) is 0 Å². The van der Waals surface area contributed by atoms with Crippen LogP contribution in [0.5, 0.6) is 0 Å². The van der Waals surface area contributed by atoms with Crippen molar-refractivity contribution in [3.8, 4) is 0 Å². The summed E-state index contributed by atoms with van der Waals surface area (Å²) in [5.74, 6) is -1.44. The van der Waals surface area contributed by atoms with E-state index in [1.165, 1.54) is 18.0 Å². The Bertz CT molecular complexity index is 751. The Hall–Kier alpha value is -2.41. The van der Waals surface area contributed by atoms with Crippen LogP contribution in [0.15, 0.2) is 34.4 Å². The predicted molar refractivity (Wildman–Crippen MR) is 95.0 cm³/mol. The molecular weight excluding hydrogens is 322 g/mol. The topological polar surface area (TPSA) is 80.6 Å². The Balaban J connectivity index is 2.43. The summed E-state index contributed by atoms with van der Waals surface area (Å²) in [6.45, 7) is 6.77. The normalized spacial score (nSPS) is 16.2. The molecule has 0 fully saturated rings. The van der Waals surface area contributed by atoms with Crippen LogP contribution in [0.1, 0.15) is 33.6 Å². The zero-order valence-electron chi connectivity index (χ0n) is 15.2. The number of carbonyl (C=O) groups excluding carboxylic acids is 2. The first-order valence-corrected chi connectivity index (χ1v) is 8.53. The van der Waals surface area contributed by atoms with E-state index in [0.29, 0.717) is 37.2 Å². The standard InChI is InChI=1S/C18H25N3O4/c1-5-13(18(24)25-19-4)16-12(3)7-10-21(17(16)23)14-11-20(6-2)9-8-15(14)22/h8-9,11,13,19H,5-7,10H2,1-4H3. The van der Waals surface area contributed by atoms with E-state index in [1.54, 1.807) is 12.4 Å². The molecule has 2 rings (SSSR count). The lowest BCUT2D eigenvalue weighted by atomic mass is 9.87. The predicted octanol–water partition coefficient (Wildman–Crippen LogP) is 1.63. The molecule has 7 heteroatoms. The van der Waals surface area contributed by atoms with Crippen molar-refractivity contribution in [2.45, 2.75) is 40.2 Å². The maximum absolute atomic E-state index is 13.1. The monoisotopic (exact) mass is 347 g/mol. The smallest absolute Gasteiger partial charge is 0.332 e. The molecule has 7 nitrogen and oxygen atoms in total. The van der Waals surface area contributed by atoms with Crippen molar-refractivity contribution in [1.82, 2.24) is 10.0 Å². The molecule has 0 radical (unpaired) electrons. The summed E-state index contributed by atoms with van der Waals surface area (Å²) in [6.07, 6.45) is 4.44. The van der Waals surface area contributed by atoms with Crippen molar-refractivity contribution in [3.63, 3.8) is 0 Å². The van der Waals surface area contributed by atoms with E-state index in [0.717, 1.165) is 5.57 Å². The number of nitrogens with zero attached hydrogens (tertiary/aromatic N) is 2. The Morgan fingerprint density at radius 3 is 2.68 bits per heavy atom. The quantitative estimate of drug-likeness (QED) is 0.791. The third-order valence-corrected chi connectivity index (χ3v) is 4.50. The number of hydrogen-bond acceptors (Lipinski definition) is 5. The second-order valence-electron chi connectivity index (χ2n) is 6.01. The number of pyridine rings is 1. The Labute approximate surface area is 147 Å². The minimum absolute atomic E-state index is 0.206. The maximum atomic E-state index is 13.1. The molecule has 1 aromatic rings. The second-order valence-corrected chi connectivity index (χ2v) is 6.01. The van der Waals surface area contributed by atoms with Gasteiger partial charge in [-0.25, -0.2) is 4.79 Å². The van der Waals surface area contributed by atoms with Gasteiger partial charge in [0.05, 0.1) is 5.92 Å². The van der Waals surface area contributed by atoms with E-state index in [2.05, 4.69) is 5.48 Å². The Morgan fingerprint density at radius 1 is 1.36 bits per heavy atom. The van der Waals surface area contributed by atoms with Crippen molar-refractivity contribution in [2.75, 3.05) is 18.5 Å². The summed E-state index contributed by atoms with van der Waals surface area (Å²) in [5, 5.41) is 0. The lowest BCUT2D eigenvalue weighted by Gasteiger charge is -2.31. The molecule has 1 atom stereocenters. The van der Waals surface area contributed by atoms with Gasteiger partial charge in [0, 0.05) is 44.2 Å². The van der Waals surface area contributed by atoms with Crippen LogP contribution in [-0.4, -0.2) is 30.0 Å². The number of aromatic nitrogens is 1. The number of hydrogen-bond donors (Lipinski definition) is 1. The fourth-order valence-electron chi connectivity index (χ4n) is 3.09. The average Bonchev–Trinajstić information content (AvgIpc) is 2.59. The first-order chi connectivity index (χ1) is 11.9. The Morgan fingerprint density at radius 2 is 2.08 bits per heavy atom. The summed E-state index contributed by atoms with van der Waals surface area (Å²) in [5.41, 5.74) is 3.80. The molecule has 25 heavy (non-hydrogen) atoms. The molecule has 1 aliphatic rings. The minimum atomic E-state index is -0.653. The number of carbonyl (C=O) groups is 2. The van der Waals surface area contributed by atoms with E-state index in [9.17, 15) is 14.4 Å². The molecule has 1 N–H and O–H groups in total. The number of anilines is 1. The van der Waals surface area contributed by atoms with Gasteiger partial charge in [0.25, 0.3) is 5.91 Å². The SMILES string of the molecule is CCC(C(=O)ONC)C1=C(C)CCN(c2cn(CC)ccc2=O)C1=O. The third-order valence-electron chi connectivity index (χ3n) is 4.50. The molecule has 136 valence electrons. The molecule has 0 bridgehead atoms. The zero-order chi connectivity index (χ0) is 18.6. The maximum Gasteiger partial charge on any atom is 0.332 e. The van der Waals surface area contributed by atoms with Gasteiger partial charge in [-0.15, -0.1) is 0 Å². The highest BCUT2D eigenvalue weighted by molar-refractivity contribution is 6.09. The molecule has 1 aliphatic heterocycles. The van der Waals surface area contributed by atoms with Crippen LogP contribution >= 0.6 is 0 Å². The number of nitrogens with one attached hydrogen (secondary N) is 1. The second kappa shape index (κ2) is 8.11. The van der Waals surface area contributed by atoms with Gasteiger partial charge >= 0.3 is 5.97 Å². The van der Waals surface area contributed by atoms with Crippen LogP contribution in [0.2, 0.25) is 0 Å². The van der Waals surface area contributed by atoms with Crippen molar-refractivity contribution in [3.05, 3.63) is 39.8 Å². The first-order valence-electron chi connectivity index (χ1n) is 8.53. The van der Waals surface area contributed by atoms with E-state index >= 15 is 0 Å². The van der Waals surface area contributed by atoms with Crippen LogP contribution in [0.4, 0.5) is 5.69 Å². The zero-order valence-corrected chi connectivity index (χ0v) is 15.2. The van der Waals surface area contributed by atoms with Gasteiger partial charge in [0.2, 0.25) is 5.43 Å². The minimum Gasteiger partial charge on any atom is -0.370 e. The molecule has 1 aromatic heterocycles. The summed E-state index contributed by atoms with van der Waals surface area (Å²) < 4.78 is 1.85. The van der Waals surface area contributed by atoms with Gasteiger partial charge in [-0.2, -0.15) is 5.48 Å². The molecule has 0 aromatic carbocycles. The van der Waals surface area contributed by atoms with Gasteiger partial charge in [0.15, 0.2) is 0 Å². The summed E-state index contributed by atoms with van der Waals surface area (Å²) in [7, 11) is 1.50. The van der Waals surface area contributed by atoms with Gasteiger partial charge in [0.1, 0.15) is 5.69 Å². The van der Waals surface area contributed by atoms with Crippen molar-refractivity contribution in [1.29, 1.82) is 0 Å². The molecule has 0 saturated heterocycles. The molecule has 1 amide bonds. The molecule has 0 saturated carbocycles. The van der Waals surface area contributed by atoms with Gasteiger partial charge < -0.3 is 14.3 Å². The molecule has 1 unspecified atom stereocenters. The number of rotatable bonds is 6. The molecular formula is C18H25N3O4. The van der Waals surface area contributed by atoms with Crippen molar-refractivity contribution >= 4 is 17.6 Å². The van der Waals surface area contributed by atoms with Crippen LogP contribution in [0, 0.1) is 5.92 Å². The summed E-state index contributed by atoms with van der Waals surface area (Å²) in [4.78, 5) is 43.9. The summed E-state index contributed by atoms with van der Waals surface area (Å²) >= 11 is 0. The van der Waals surface area contributed by atoms with E-state index < -0.39 is 11.9 Å². The highest BCUT2D eigenvalue weighted by Gasteiger charge is 2.36. The molecule has 2 heterocycles. The largest absolute Gasteiger partial charge is 0.370 e. The number of hydroxylamine groups is 1. The van der Waals surface area contributed by atoms with Gasteiger partial charge in [-0.1, -0.05) is 12.5 Å².